The maximum atomic E-state index is 12.8. The van der Waals surface area contributed by atoms with E-state index in [0.29, 0.717) is 12.4 Å². The Balaban J connectivity index is 1.29. The fourth-order valence-electron chi connectivity index (χ4n) is 5.15. The van der Waals surface area contributed by atoms with E-state index in [-0.39, 0.29) is 17.2 Å². The van der Waals surface area contributed by atoms with Crippen molar-refractivity contribution < 1.29 is 9.59 Å². The smallest absolute Gasteiger partial charge is 0.246 e. The minimum absolute atomic E-state index is 0.0402. The quantitative estimate of drug-likeness (QED) is 0.508. The lowest BCUT2D eigenvalue weighted by atomic mass is 9.68. The summed E-state index contributed by atoms with van der Waals surface area (Å²) in [7, 11) is 1.84. The maximum absolute atomic E-state index is 12.8. The first-order chi connectivity index (χ1) is 15.9. The fraction of sp³-hybridized carbons (Fsp3) is 0.370. The Morgan fingerprint density at radius 2 is 2.03 bits per heavy atom. The van der Waals surface area contributed by atoms with Crippen LogP contribution >= 0.6 is 11.3 Å². The summed E-state index contributed by atoms with van der Waals surface area (Å²) < 4.78 is 1.25. The molecular weight excluding hydrogens is 430 g/mol. The van der Waals surface area contributed by atoms with Gasteiger partial charge in [-0.15, -0.1) is 11.3 Å². The van der Waals surface area contributed by atoms with E-state index in [1.54, 1.807) is 28.5 Å². The molecule has 1 spiro atoms. The van der Waals surface area contributed by atoms with Crippen LogP contribution in [-0.2, 0) is 22.6 Å². The molecule has 5 nitrogen and oxygen atoms in total. The van der Waals surface area contributed by atoms with Crippen molar-refractivity contribution >= 4 is 45.1 Å². The molecule has 1 saturated carbocycles. The van der Waals surface area contributed by atoms with Crippen LogP contribution in [0.1, 0.15) is 53.7 Å². The largest absolute Gasteiger partial charge is 0.337 e. The summed E-state index contributed by atoms with van der Waals surface area (Å²) in [5, 5.41) is 4.29. The molecule has 170 valence electrons. The van der Waals surface area contributed by atoms with E-state index in [1.165, 1.54) is 26.9 Å². The van der Waals surface area contributed by atoms with Gasteiger partial charge in [0.05, 0.1) is 12.0 Å². The number of nitrogens with one attached hydrogen (secondary N) is 1. The van der Waals surface area contributed by atoms with Gasteiger partial charge >= 0.3 is 0 Å². The topological polar surface area (TPSA) is 62.3 Å². The SMILES string of the molecule is Cc1c(CN(C)C(=O)/C=C/c2cnc3c(c2)CC2(CCCCC2)C(=O)N3)sc2ccccc12. The minimum Gasteiger partial charge on any atom is -0.337 e. The molecule has 1 aromatic carbocycles. The average Bonchev–Trinajstić information content (AvgIpc) is 3.14. The number of benzene rings is 1. The summed E-state index contributed by atoms with van der Waals surface area (Å²) >= 11 is 1.75. The number of fused-ring (bicyclic) bond motifs is 2. The van der Waals surface area contributed by atoms with Gasteiger partial charge in [0.2, 0.25) is 11.8 Å². The highest BCUT2D eigenvalue weighted by Crippen LogP contribution is 2.44. The summed E-state index contributed by atoms with van der Waals surface area (Å²) in [6, 6.07) is 10.4. The molecule has 2 aromatic heterocycles. The Morgan fingerprint density at radius 3 is 2.82 bits per heavy atom. The van der Waals surface area contributed by atoms with E-state index in [0.717, 1.165) is 43.2 Å². The lowest BCUT2D eigenvalue weighted by molar-refractivity contribution is -0.128. The fourth-order valence-corrected chi connectivity index (χ4v) is 6.41. The van der Waals surface area contributed by atoms with Gasteiger partial charge in [0, 0.05) is 28.9 Å². The van der Waals surface area contributed by atoms with Gasteiger partial charge in [0.25, 0.3) is 0 Å². The highest BCUT2D eigenvalue weighted by Gasteiger charge is 2.43. The number of carbonyl (C=O) groups excluding carboxylic acids is 2. The third kappa shape index (κ3) is 4.20. The van der Waals surface area contributed by atoms with Gasteiger partial charge in [0.1, 0.15) is 5.82 Å². The van der Waals surface area contributed by atoms with Gasteiger partial charge in [-0.05, 0) is 66.5 Å². The highest BCUT2D eigenvalue weighted by molar-refractivity contribution is 7.19. The predicted octanol–water partition coefficient (Wildman–Crippen LogP) is 5.72. The number of aryl methyl sites for hydroxylation is 1. The van der Waals surface area contributed by atoms with E-state index < -0.39 is 0 Å². The van der Waals surface area contributed by atoms with Crippen molar-refractivity contribution in [3.8, 4) is 0 Å². The molecular formula is C27H29N3O2S. The number of pyridine rings is 1. The zero-order chi connectivity index (χ0) is 23.0. The van der Waals surface area contributed by atoms with Gasteiger partial charge in [-0.2, -0.15) is 0 Å². The Morgan fingerprint density at radius 1 is 1.24 bits per heavy atom. The summed E-state index contributed by atoms with van der Waals surface area (Å²) in [6.45, 7) is 2.71. The number of aromatic nitrogens is 1. The average molecular weight is 460 g/mol. The number of anilines is 1. The van der Waals surface area contributed by atoms with Gasteiger partial charge in [-0.25, -0.2) is 4.98 Å². The van der Waals surface area contributed by atoms with Crippen LogP contribution in [0.15, 0.2) is 42.6 Å². The molecule has 0 radical (unpaired) electrons. The molecule has 2 amide bonds. The number of rotatable bonds is 4. The minimum atomic E-state index is -0.284. The molecule has 1 aliphatic heterocycles. The van der Waals surface area contributed by atoms with Gasteiger partial charge < -0.3 is 10.2 Å². The number of amides is 2. The number of carbonyl (C=O) groups is 2. The third-order valence-electron chi connectivity index (χ3n) is 7.16. The predicted molar refractivity (Wildman–Crippen MR) is 134 cm³/mol. The zero-order valence-electron chi connectivity index (χ0n) is 19.2. The van der Waals surface area contributed by atoms with Crippen molar-refractivity contribution in [1.29, 1.82) is 0 Å². The Labute approximate surface area is 198 Å². The van der Waals surface area contributed by atoms with Gasteiger partial charge in [-0.3, -0.25) is 9.59 Å². The highest BCUT2D eigenvalue weighted by atomic mass is 32.1. The van der Waals surface area contributed by atoms with Gasteiger partial charge in [-0.1, -0.05) is 37.5 Å². The Kier molecular flexibility index (Phi) is 5.79. The lowest BCUT2D eigenvalue weighted by Crippen LogP contribution is -2.43. The van der Waals surface area contributed by atoms with Crippen molar-refractivity contribution in [3.63, 3.8) is 0 Å². The van der Waals surface area contributed by atoms with E-state index in [4.69, 9.17) is 0 Å². The second-order valence-corrected chi connectivity index (χ2v) is 10.6. The number of hydrogen-bond acceptors (Lipinski definition) is 4. The van der Waals surface area contributed by atoms with Crippen molar-refractivity contribution in [1.82, 2.24) is 9.88 Å². The molecule has 2 aliphatic rings. The van der Waals surface area contributed by atoms with Crippen LogP contribution in [-0.4, -0.2) is 28.7 Å². The molecule has 1 fully saturated rings. The molecule has 3 heterocycles. The van der Waals surface area contributed by atoms with Crippen LogP contribution in [0.3, 0.4) is 0 Å². The summed E-state index contributed by atoms with van der Waals surface area (Å²) in [5.74, 6) is 0.748. The molecule has 0 atom stereocenters. The molecule has 33 heavy (non-hydrogen) atoms. The summed E-state index contributed by atoms with van der Waals surface area (Å²) in [4.78, 5) is 32.9. The number of nitrogens with zero attached hydrogens (tertiary/aromatic N) is 2. The molecule has 6 heteroatoms. The molecule has 5 rings (SSSR count). The first-order valence-electron chi connectivity index (χ1n) is 11.7. The number of likely N-dealkylation sites (N-methyl/N-ethyl adjacent to an activating group) is 1. The van der Waals surface area contributed by atoms with Crippen LogP contribution in [0.5, 0.6) is 0 Å². The molecule has 0 bridgehead atoms. The molecule has 1 aliphatic carbocycles. The molecule has 0 unspecified atom stereocenters. The lowest BCUT2D eigenvalue weighted by Gasteiger charge is -2.39. The first kappa shape index (κ1) is 21.8. The standard InChI is InChI=1S/C27H29N3O2S/c1-18-21-8-4-5-9-22(21)33-23(18)17-30(2)24(31)11-10-19-14-20-15-27(12-6-3-7-13-27)26(32)29-25(20)28-16-19/h4-5,8-11,14,16H,3,6-7,12-13,15,17H2,1-2H3,(H,28,29,32)/b11-10+. The first-order valence-corrected chi connectivity index (χ1v) is 12.5. The number of thiophene rings is 1. The van der Waals surface area contributed by atoms with Crippen molar-refractivity contribution in [2.45, 2.75) is 52.0 Å². The van der Waals surface area contributed by atoms with E-state index in [2.05, 4.69) is 41.5 Å². The third-order valence-corrected chi connectivity index (χ3v) is 8.42. The van der Waals surface area contributed by atoms with Crippen molar-refractivity contribution in [3.05, 3.63) is 64.2 Å². The Hall–Kier alpha value is -2.99. The molecule has 3 aromatic rings. The zero-order valence-corrected chi connectivity index (χ0v) is 20.0. The monoisotopic (exact) mass is 459 g/mol. The second-order valence-electron chi connectivity index (χ2n) is 9.42. The maximum Gasteiger partial charge on any atom is 0.246 e. The summed E-state index contributed by atoms with van der Waals surface area (Å²) in [6.07, 6.45) is 11.2. The Bertz CT molecular complexity index is 1250. The van der Waals surface area contributed by atoms with Crippen molar-refractivity contribution in [2.75, 3.05) is 12.4 Å². The van der Waals surface area contributed by atoms with Crippen molar-refractivity contribution in [2.24, 2.45) is 5.41 Å². The van der Waals surface area contributed by atoms with E-state index in [1.807, 2.05) is 19.2 Å². The van der Waals surface area contributed by atoms with Crippen LogP contribution in [0, 0.1) is 12.3 Å². The van der Waals surface area contributed by atoms with Crippen LogP contribution in [0.4, 0.5) is 5.82 Å². The summed E-state index contributed by atoms with van der Waals surface area (Å²) in [5.41, 5.74) is 2.92. The molecule has 1 N–H and O–H groups in total. The van der Waals surface area contributed by atoms with Crippen LogP contribution in [0.25, 0.3) is 16.2 Å². The second kappa shape index (κ2) is 8.75. The number of hydrogen-bond donors (Lipinski definition) is 1. The molecule has 0 saturated heterocycles. The van der Waals surface area contributed by atoms with Gasteiger partial charge in [0.15, 0.2) is 0 Å². The van der Waals surface area contributed by atoms with Crippen LogP contribution < -0.4 is 5.32 Å². The van der Waals surface area contributed by atoms with Crippen LogP contribution in [0.2, 0.25) is 0 Å². The van der Waals surface area contributed by atoms with E-state index >= 15 is 0 Å². The van der Waals surface area contributed by atoms with E-state index in [9.17, 15) is 9.59 Å². The normalized spacial score (nSPS) is 17.3.